The summed E-state index contributed by atoms with van der Waals surface area (Å²) in [6.07, 6.45) is 1.83. The minimum atomic E-state index is -1.05. The Morgan fingerprint density at radius 2 is 1.73 bits per heavy atom. The van der Waals surface area contributed by atoms with E-state index in [-0.39, 0.29) is 36.0 Å². The van der Waals surface area contributed by atoms with E-state index in [1.165, 1.54) is 0 Å². The summed E-state index contributed by atoms with van der Waals surface area (Å²) in [5.74, 6) is -0.281. The molecule has 4 aromatic rings. The van der Waals surface area contributed by atoms with Crippen LogP contribution in [0.15, 0.2) is 66.7 Å². The van der Waals surface area contributed by atoms with Gasteiger partial charge in [-0.1, -0.05) is 30.3 Å². The fraction of sp³-hybridized carbons (Fsp3) is 0.378. The van der Waals surface area contributed by atoms with Crippen LogP contribution >= 0.6 is 0 Å². The second kappa shape index (κ2) is 16.4. The molecule has 2 heterocycles. The van der Waals surface area contributed by atoms with Gasteiger partial charge in [0.2, 0.25) is 17.6 Å². The lowest BCUT2D eigenvalue weighted by atomic mass is 9.81. The quantitative estimate of drug-likeness (QED) is 0.154. The fourth-order valence-electron chi connectivity index (χ4n) is 6.69. The zero-order valence-corrected chi connectivity index (χ0v) is 28.4. The van der Waals surface area contributed by atoms with Crippen molar-refractivity contribution in [2.75, 3.05) is 38.2 Å². The summed E-state index contributed by atoms with van der Waals surface area (Å²) in [5, 5.41) is 31.4. The number of tetrazole rings is 1. The minimum Gasteiger partial charge on any atom is -0.465 e. The molecule has 1 aromatic heterocycles. The number of amides is 4. The third-order valence-electron chi connectivity index (χ3n) is 9.61. The number of ether oxygens (including phenoxy) is 1. The summed E-state index contributed by atoms with van der Waals surface area (Å²) in [5.41, 5.74) is 5.54. The molecule has 5 N–H and O–H groups in total. The van der Waals surface area contributed by atoms with Crippen molar-refractivity contribution in [3.05, 3.63) is 83.4 Å². The molecular formula is C37H42N8O6. The molecule has 0 bridgehead atoms. The van der Waals surface area contributed by atoms with Crippen LogP contribution in [0.1, 0.15) is 47.2 Å². The lowest BCUT2D eigenvalue weighted by Gasteiger charge is -2.29. The molecule has 1 aliphatic heterocycles. The number of anilines is 1. The van der Waals surface area contributed by atoms with E-state index >= 15 is 0 Å². The maximum Gasteiger partial charge on any atom is 0.404 e. The molecule has 51 heavy (non-hydrogen) atoms. The molecular weight excluding hydrogens is 652 g/mol. The number of carboxylic acid groups (broad SMARTS) is 1. The number of hydrogen-bond acceptors (Lipinski definition) is 8. The van der Waals surface area contributed by atoms with Crippen LogP contribution in [0.5, 0.6) is 0 Å². The van der Waals surface area contributed by atoms with Crippen LogP contribution in [0.3, 0.4) is 0 Å². The van der Waals surface area contributed by atoms with Crippen LogP contribution in [0.4, 0.5) is 10.5 Å². The van der Waals surface area contributed by atoms with Crippen molar-refractivity contribution in [1.29, 1.82) is 0 Å². The third-order valence-corrected chi connectivity index (χ3v) is 9.61. The Bertz CT molecular complexity index is 1830. The van der Waals surface area contributed by atoms with E-state index in [9.17, 15) is 19.2 Å². The Labute approximate surface area is 295 Å². The molecule has 1 saturated heterocycles. The molecule has 14 heteroatoms. The Morgan fingerprint density at radius 1 is 0.961 bits per heavy atom. The maximum absolute atomic E-state index is 13.9. The van der Waals surface area contributed by atoms with Gasteiger partial charge in [0.05, 0.1) is 13.2 Å². The average Bonchev–Trinajstić information content (AvgIpc) is 3.70. The molecule has 0 unspecified atom stereocenters. The van der Waals surface area contributed by atoms with Gasteiger partial charge in [-0.15, -0.1) is 10.2 Å². The first-order chi connectivity index (χ1) is 24.7. The topological polar surface area (TPSA) is 192 Å². The van der Waals surface area contributed by atoms with Crippen molar-refractivity contribution in [3.8, 4) is 22.5 Å². The summed E-state index contributed by atoms with van der Waals surface area (Å²) in [7, 11) is 0. The van der Waals surface area contributed by atoms with Crippen LogP contribution in [0.25, 0.3) is 22.5 Å². The number of aromatic nitrogens is 4. The number of rotatable bonds is 11. The van der Waals surface area contributed by atoms with Gasteiger partial charge in [0, 0.05) is 48.8 Å². The second-order valence-electron chi connectivity index (χ2n) is 13.1. The Morgan fingerprint density at radius 3 is 2.43 bits per heavy atom. The van der Waals surface area contributed by atoms with Crippen LogP contribution in [0, 0.1) is 18.8 Å². The number of hydrogen-bond donors (Lipinski definition) is 5. The largest absolute Gasteiger partial charge is 0.465 e. The first-order valence-electron chi connectivity index (χ1n) is 17.2. The van der Waals surface area contributed by atoms with E-state index in [0.717, 1.165) is 40.7 Å². The van der Waals surface area contributed by atoms with Crippen LogP contribution < -0.4 is 16.0 Å². The van der Waals surface area contributed by atoms with Gasteiger partial charge in [-0.05, 0) is 102 Å². The van der Waals surface area contributed by atoms with E-state index in [1.54, 1.807) is 29.2 Å². The van der Waals surface area contributed by atoms with Crippen molar-refractivity contribution < 1.29 is 29.0 Å². The molecule has 4 amide bonds. The summed E-state index contributed by atoms with van der Waals surface area (Å²) < 4.78 is 5.41. The highest BCUT2D eigenvalue weighted by Crippen LogP contribution is 2.30. The Hall–Kier alpha value is -5.63. The zero-order valence-electron chi connectivity index (χ0n) is 28.4. The monoisotopic (exact) mass is 694 g/mol. The summed E-state index contributed by atoms with van der Waals surface area (Å²) in [6, 6.07) is 19.7. The molecule has 266 valence electrons. The Kier molecular flexibility index (Phi) is 11.3. The number of aromatic amines is 1. The molecule has 2 aliphatic rings. The van der Waals surface area contributed by atoms with Crippen molar-refractivity contribution in [2.24, 2.45) is 11.8 Å². The molecule has 14 nitrogen and oxygen atoms in total. The standard InChI is InChI=1S/C37H42N8O6/c1-23-5-6-25(19-31(23)28-3-2-4-29(21-28)36(48)45-15-17-51-18-16-45)20-32(40-34(46)27-9-7-24(8-10-27)22-38-37(49)50)35(47)39-30-13-11-26(12-14-30)33-41-43-44-42-33/h2-6,11-14,19,21,24,27,32,38H,7-10,15-18,20,22H2,1H3,(H,39,47)(H,40,46)(H,49,50)(H,41,42,43,44)/t24?,27?,32-/m0/s1. The maximum atomic E-state index is 13.9. The average molecular weight is 695 g/mol. The van der Waals surface area contributed by atoms with E-state index in [2.05, 4.69) is 36.6 Å². The second-order valence-corrected chi connectivity index (χ2v) is 13.1. The van der Waals surface area contributed by atoms with Crippen LogP contribution in [0.2, 0.25) is 0 Å². The summed E-state index contributed by atoms with van der Waals surface area (Å²) in [6.45, 7) is 4.52. The highest BCUT2D eigenvalue weighted by atomic mass is 16.5. The molecule has 1 atom stereocenters. The lowest BCUT2D eigenvalue weighted by Crippen LogP contribution is -2.48. The minimum absolute atomic E-state index is 0.0362. The van der Waals surface area contributed by atoms with E-state index in [0.29, 0.717) is 62.8 Å². The van der Waals surface area contributed by atoms with E-state index in [4.69, 9.17) is 9.84 Å². The highest BCUT2D eigenvalue weighted by Gasteiger charge is 2.30. The number of carbonyl (C=O) groups is 4. The SMILES string of the molecule is Cc1ccc(C[C@H](NC(=O)C2CCC(CNC(=O)O)CC2)C(=O)Nc2ccc(-c3nn[nH]n3)cc2)cc1-c1cccc(C(=O)N2CCOCC2)c1. The Balaban J connectivity index is 1.19. The zero-order chi connectivity index (χ0) is 35.7. The summed E-state index contributed by atoms with van der Waals surface area (Å²) >= 11 is 0. The smallest absolute Gasteiger partial charge is 0.404 e. The van der Waals surface area contributed by atoms with Crippen molar-refractivity contribution in [1.82, 2.24) is 36.2 Å². The van der Waals surface area contributed by atoms with Crippen LogP contribution in [-0.2, 0) is 20.7 Å². The number of H-pyrrole nitrogens is 1. The molecule has 2 fully saturated rings. The number of morpholine rings is 1. The molecule has 1 aliphatic carbocycles. The molecule has 6 rings (SSSR count). The van der Waals surface area contributed by atoms with Gasteiger partial charge in [-0.3, -0.25) is 14.4 Å². The summed E-state index contributed by atoms with van der Waals surface area (Å²) in [4.78, 5) is 53.4. The number of nitrogens with one attached hydrogen (secondary N) is 4. The van der Waals surface area contributed by atoms with Gasteiger partial charge in [-0.2, -0.15) is 5.21 Å². The van der Waals surface area contributed by atoms with Gasteiger partial charge in [0.1, 0.15) is 6.04 Å². The normalized spacial score (nSPS) is 18.0. The van der Waals surface area contributed by atoms with Gasteiger partial charge >= 0.3 is 6.09 Å². The van der Waals surface area contributed by atoms with Gasteiger partial charge in [0.15, 0.2) is 0 Å². The molecule has 0 radical (unpaired) electrons. The third kappa shape index (κ3) is 9.14. The lowest BCUT2D eigenvalue weighted by molar-refractivity contribution is -0.130. The van der Waals surface area contributed by atoms with Crippen molar-refractivity contribution in [3.63, 3.8) is 0 Å². The van der Waals surface area contributed by atoms with Gasteiger partial charge < -0.3 is 30.7 Å². The van der Waals surface area contributed by atoms with Crippen molar-refractivity contribution in [2.45, 2.75) is 45.1 Å². The van der Waals surface area contributed by atoms with Gasteiger partial charge in [0.25, 0.3) is 5.91 Å². The van der Waals surface area contributed by atoms with Crippen molar-refractivity contribution >= 4 is 29.5 Å². The fourth-order valence-corrected chi connectivity index (χ4v) is 6.69. The number of aryl methyl sites for hydroxylation is 1. The van der Waals surface area contributed by atoms with Gasteiger partial charge in [-0.25, -0.2) is 4.79 Å². The molecule has 1 saturated carbocycles. The van der Waals surface area contributed by atoms with E-state index in [1.807, 2.05) is 49.4 Å². The highest BCUT2D eigenvalue weighted by molar-refractivity contribution is 5.98. The first kappa shape index (κ1) is 35.2. The molecule has 0 spiro atoms. The first-order valence-corrected chi connectivity index (χ1v) is 17.2. The van der Waals surface area contributed by atoms with Crippen LogP contribution in [-0.4, -0.2) is 93.3 Å². The van der Waals surface area contributed by atoms with E-state index < -0.39 is 12.1 Å². The number of nitrogens with zero attached hydrogens (tertiary/aromatic N) is 4. The number of benzene rings is 3. The predicted molar refractivity (Wildman–Crippen MR) is 189 cm³/mol. The predicted octanol–water partition coefficient (Wildman–Crippen LogP) is 4.05. The molecule has 3 aromatic carbocycles. The number of carbonyl (C=O) groups excluding carboxylic acids is 3.